The maximum Gasteiger partial charge on any atom is 0.318 e. The molecule has 1 aliphatic heterocycles. The highest BCUT2D eigenvalue weighted by atomic mass is 32.2. The zero-order valence-electron chi connectivity index (χ0n) is 24.1. The monoisotopic (exact) mass is 598 g/mol. The van der Waals surface area contributed by atoms with Gasteiger partial charge in [0.1, 0.15) is 6.04 Å². The minimum absolute atomic E-state index is 0.177. The van der Waals surface area contributed by atoms with Crippen molar-refractivity contribution in [2.24, 2.45) is 0 Å². The summed E-state index contributed by atoms with van der Waals surface area (Å²) in [4.78, 5) is 31.0. The SMILES string of the molecule is C#CCN1CCN(C(=O)NC(Cc2ccccc2)C(=O)NC(/C=C/S(=O)(=O)c2ccccc2)CCc2ccccc2)CC1. The standard InChI is InChI=1S/C34H38N4O4S/c1-2-21-37-22-24-38(25-23-37)34(40)36-32(27-29-14-8-4-9-15-29)33(39)35-30(19-18-28-12-6-3-7-13-28)20-26-43(41,42)31-16-10-5-11-17-31/h1,3-17,20,26,30,32H,18-19,21-25,27H2,(H,35,39)(H,36,40)/b26-20+. The van der Waals surface area contributed by atoms with Crippen LogP contribution in [0, 0.1) is 12.3 Å². The summed E-state index contributed by atoms with van der Waals surface area (Å²) in [6, 6.07) is 25.7. The van der Waals surface area contributed by atoms with Crippen LogP contribution in [0.4, 0.5) is 4.79 Å². The molecule has 0 spiro atoms. The molecule has 3 aromatic carbocycles. The number of sulfone groups is 1. The van der Waals surface area contributed by atoms with E-state index in [1.54, 1.807) is 23.1 Å². The van der Waals surface area contributed by atoms with Gasteiger partial charge < -0.3 is 15.5 Å². The molecule has 0 aliphatic carbocycles. The number of nitrogens with zero attached hydrogens (tertiary/aromatic N) is 2. The fourth-order valence-corrected chi connectivity index (χ4v) is 5.98. The smallest absolute Gasteiger partial charge is 0.318 e. The van der Waals surface area contributed by atoms with Crippen LogP contribution in [0.15, 0.2) is 107 Å². The number of nitrogens with one attached hydrogen (secondary N) is 2. The number of hydrogen-bond donors (Lipinski definition) is 2. The van der Waals surface area contributed by atoms with Gasteiger partial charge >= 0.3 is 6.03 Å². The lowest BCUT2D eigenvalue weighted by atomic mass is 10.0. The van der Waals surface area contributed by atoms with E-state index in [0.29, 0.717) is 45.6 Å². The number of benzene rings is 3. The van der Waals surface area contributed by atoms with Gasteiger partial charge in [-0.05, 0) is 36.1 Å². The summed E-state index contributed by atoms with van der Waals surface area (Å²) in [6.45, 7) is 2.87. The number of amides is 3. The maximum absolute atomic E-state index is 13.8. The maximum atomic E-state index is 13.8. The zero-order valence-corrected chi connectivity index (χ0v) is 25.0. The summed E-state index contributed by atoms with van der Waals surface area (Å²) in [7, 11) is -3.71. The van der Waals surface area contributed by atoms with Crippen LogP contribution in [0.25, 0.3) is 0 Å². The molecule has 4 rings (SSSR count). The van der Waals surface area contributed by atoms with Gasteiger partial charge in [0, 0.05) is 44.0 Å². The van der Waals surface area contributed by atoms with E-state index < -0.39 is 21.9 Å². The first-order chi connectivity index (χ1) is 20.8. The number of urea groups is 1. The van der Waals surface area contributed by atoms with E-state index in [0.717, 1.165) is 16.5 Å². The predicted octanol–water partition coefficient (Wildman–Crippen LogP) is 3.66. The summed E-state index contributed by atoms with van der Waals surface area (Å²) in [6.07, 6.45) is 8.33. The van der Waals surface area contributed by atoms with E-state index in [2.05, 4.69) is 21.5 Å². The summed E-state index contributed by atoms with van der Waals surface area (Å²) < 4.78 is 26.0. The van der Waals surface area contributed by atoms with Crippen molar-refractivity contribution in [2.45, 2.75) is 36.2 Å². The van der Waals surface area contributed by atoms with Crippen molar-refractivity contribution in [2.75, 3.05) is 32.7 Å². The molecule has 2 unspecified atom stereocenters. The molecule has 3 aromatic rings. The number of carbonyl (C=O) groups is 2. The third-order valence-corrected chi connectivity index (χ3v) is 8.79. The van der Waals surface area contributed by atoms with Crippen LogP contribution in [0.2, 0.25) is 0 Å². The lowest BCUT2D eigenvalue weighted by Crippen LogP contribution is -2.57. The molecule has 1 fully saturated rings. The highest BCUT2D eigenvalue weighted by molar-refractivity contribution is 7.94. The molecule has 0 aromatic heterocycles. The van der Waals surface area contributed by atoms with Crippen LogP contribution in [-0.4, -0.2) is 75.0 Å². The van der Waals surface area contributed by atoms with Gasteiger partial charge in [0.2, 0.25) is 5.91 Å². The minimum atomic E-state index is -3.71. The first kappa shape index (κ1) is 31.5. The Labute approximate surface area is 254 Å². The third kappa shape index (κ3) is 9.84. The van der Waals surface area contributed by atoms with Crippen LogP contribution >= 0.6 is 0 Å². The van der Waals surface area contributed by atoms with Crippen LogP contribution in [0.3, 0.4) is 0 Å². The van der Waals surface area contributed by atoms with E-state index in [1.165, 1.54) is 18.2 Å². The van der Waals surface area contributed by atoms with Gasteiger partial charge in [-0.1, -0.05) is 90.9 Å². The second-order valence-corrected chi connectivity index (χ2v) is 12.3. The molecule has 0 saturated carbocycles. The van der Waals surface area contributed by atoms with Gasteiger partial charge in [-0.3, -0.25) is 9.69 Å². The Bertz CT molecular complexity index is 1500. The topological polar surface area (TPSA) is 98.8 Å². The number of rotatable bonds is 12. The molecule has 9 heteroatoms. The van der Waals surface area contributed by atoms with Crippen molar-refractivity contribution in [3.63, 3.8) is 0 Å². The average molecular weight is 599 g/mol. The highest BCUT2D eigenvalue weighted by Crippen LogP contribution is 2.14. The summed E-state index contributed by atoms with van der Waals surface area (Å²) in [5.74, 6) is 2.25. The molecule has 2 atom stereocenters. The van der Waals surface area contributed by atoms with Gasteiger partial charge in [0.25, 0.3) is 0 Å². The molecule has 224 valence electrons. The number of piperazine rings is 1. The molecule has 43 heavy (non-hydrogen) atoms. The van der Waals surface area contributed by atoms with Crippen LogP contribution in [0.1, 0.15) is 17.5 Å². The minimum Gasteiger partial charge on any atom is -0.348 e. The molecule has 1 aliphatic rings. The number of carbonyl (C=O) groups excluding carboxylic acids is 2. The van der Waals surface area contributed by atoms with Gasteiger partial charge in [-0.2, -0.15) is 0 Å². The summed E-state index contributed by atoms with van der Waals surface area (Å²) in [5.41, 5.74) is 1.96. The van der Waals surface area contributed by atoms with Crippen molar-refractivity contribution in [3.8, 4) is 12.3 Å². The van der Waals surface area contributed by atoms with Crippen LogP contribution < -0.4 is 10.6 Å². The van der Waals surface area contributed by atoms with E-state index in [4.69, 9.17) is 6.42 Å². The largest absolute Gasteiger partial charge is 0.348 e. The van der Waals surface area contributed by atoms with E-state index in [9.17, 15) is 18.0 Å². The second kappa shape index (κ2) is 15.7. The Morgan fingerprint density at radius 3 is 2.02 bits per heavy atom. The quantitative estimate of drug-likeness (QED) is 0.310. The van der Waals surface area contributed by atoms with Gasteiger partial charge in [0.05, 0.1) is 11.4 Å². The van der Waals surface area contributed by atoms with Crippen molar-refractivity contribution >= 4 is 21.8 Å². The van der Waals surface area contributed by atoms with Crippen molar-refractivity contribution in [3.05, 3.63) is 114 Å². The lowest BCUT2D eigenvalue weighted by molar-refractivity contribution is -0.123. The fraction of sp³-hybridized carbons (Fsp3) is 0.294. The molecule has 1 saturated heterocycles. The number of aryl methyl sites for hydroxylation is 1. The van der Waals surface area contributed by atoms with Gasteiger partial charge in [0.15, 0.2) is 9.84 Å². The van der Waals surface area contributed by atoms with Gasteiger partial charge in [-0.15, -0.1) is 6.42 Å². The normalized spacial score (nSPS) is 15.4. The molecule has 8 nitrogen and oxygen atoms in total. The number of terminal acetylenes is 1. The third-order valence-electron chi connectivity index (χ3n) is 7.35. The molecular formula is C34H38N4O4S. The van der Waals surface area contributed by atoms with E-state index in [1.807, 2.05) is 60.7 Å². The molecule has 3 amide bonds. The second-order valence-electron chi connectivity index (χ2n) is 10.5. The van der Waals surface area contributed by atoms with Crippen LogP contribution in [-0.2, 0) is 27.5 Å². The van der Waals surface area contributed by atoms with Crippen LogP contribution in [0.5, 0.6) is 0 Å². The first-order valence-corrected chi connectivity index (χ1v) is 16.0. The van der Waals surface area contributed by atoms with E-state index in [-0.39, 0.29) is 23.3 Å². The van der Waals surface area contributed by atoms with Gasteiger partial charge in [-0.25, -0.2) is 13.2 Å². The Kier molecular flexibility index (Phi) is 11.5. The summed E-state index contributed by atoms with van der Waals surface area (Å²) >= 11 is 0. The van der Waals surface area contributed by atoms with Crippen molar-refractivity contribution in [1.29, 1.82) is 0 Å². The molecule has 0 radical (unpaired) electrons. The predicted molar refractivity (Wildman–Crippen MR) is 169 cm³/mol. The molecule has 2 N–H and O–H groups in total. The summed E-state index contributed by atoms with van der Waals surface area (Å²) in [5, 5.41) is 7.09. The van der Waals surface area contributed by atoms with Crippen molar-refractivity contribution in [1.82, 2.24) is 20.4 Å². The fourth-order valence-electron chi connectivity index (χ4n) is 4.89. The Morgan fingerprint density at radius 2 is 1.42 bits per heavy atom. The molecule has 0 bridgehead atoms. The number of hydrogen-bond acceptors (Lipinski definition) is 5. The average Bonchev–Trinajstić information content (AvgIpc) is 3.04. The van der Waals surface area contributed by atoms with E-state index >= 15 is 0 Å². The first-order valence-electron chi connectivity index (χ1n) is 14.4. The lowest BCUT2D eigenvalue weighted by Gasteiger charge is -2.34. The molecular weight excluding hydrogens is 560 g/mol. The Balaban J connectivity index is 1.51. The molecule has 1 heterocycles. The Hall–Kier alpha value is -4.39. The Morgan fingerprint density at radius 1 is 0.837 bits per heavy atom. The zero-order chi connectivity index (χ0) is 30.5. The van der Waals surface area contributed by atoms with Crippen molar-refractivity contribution < 1.29 is 18.0 Å². The highest BCUT2D eigenvalue weighted by Gasteiger charge is 2.27.